The van der Waals surface area contributed by atoms with Crippen LogP contribution in [0.2, 0.25) is 0 Å². The Morgan fingerprint density at radius 1 is 1.17 bits per heavy atom. The van der Waals surface area contributed by atoms with Gasteiger partial charge in [0.15, 0.2) is 0 Å². The highest BCUT2D eigenvalue weighted by Crippen LogP contribution is 2.16. The van der Waals surface area contributed by atoms with E-state index in [4.69, 9.17) is 0 Å². The molecule has 1 heterocycles. The lowest BCUT2D eigenvalue weighted by molar-refractivity contribution is -0.144. The molecule has 0 fully saturated rings. The van der Waals surface area contributed by atoms with Gasteiger partial charge in [0.05, 0.1) is 0 Å². The lowest BCUT2D eigenvalue weighted by Gasteiger charge is -2.32. The van der Waals surface area contributed by atoms with E-state index in [-0.39, 0.29) is 23.7 Å². The Labute approximate surface area is 145 Å². The van der Waals surface area contributed by atoms with Crippen LogP contribution in [0.15, 0.2) is 24.5 Å². The third-order valence-corrected chi connectivity index (χ3v) is 4.54. The van der Waals surface area contributed by atoms with Crippen molar-refractivity contribution in [2.24, 2.45) is 11.8 Å². The van der Waals surface area contributed by atoms with Crippen molar-refractivity contribution in [1.82, 2.24) is 15.2 Å². The van der Waals surface area contributed by atoms with E-state index in [1.54, 1.807) is 17.3 Å². The summed E-state index contributed by atoms with van der Waals surface area (Å²) in [6.07, 6.45) is 4.87. The minimum Gasteiger partial charge on any atom is -0.354 e. The van der Waals surface area contributed by atoms with Crippen molar-refractivity contribution in [3.63, 3.8) is 0 Å². The fourth-order valence-corrected chi connectivity index (χ4v) is 2.62. The topological polar surface area (TPSA) is 62.3 Å². The van der Waals surface area contributed by atoms with Gasteiger partial charge in [-0.25, -0.2) is 0 Å². The first kappa shape index (κ1) is 20.1. The maximum absolute atomic E-state index is 12.7. The van der Waals surface area contributed by atoms with Gasteiger partial charge < -0.3 is 10.2 Å². The Bertz CT molecular complexity index is 517. The molecule has 0 aliphatic rings. The number of carbonyl (C=O) groups excluding carboxylic acids is 2. The number of pyridine rings is 1. The van der Waals surface area contributed by atoms with E-state index < -0.39 is 6.04 Å². The Balaban J connectivity index is 2.64. The van der Waals surface area contributed by atoms with Crippen LogP contribution in [0.3, 0.4) is 0 Å². The molecule has 2 amide bonds. The molecule has 0 spiro atoms. The Morgan fingerprint density at radius 2 is 1.79 bits per heavy atom. The molecule has 0 aliphatic carbocycles. The molecule has 1 aromatic heterocycles. The van der Waals surface area contributed by atoms with Crippen LogP contribution < -0.4 is 5.32 Å². The zero-order valence-electron chi connectivity index (χ0n) is 15.6. The van der Waals surface area contributed by atoms with Gasteiger partial charge in [0.1, 0.15) is 6.04 Å². The maximum atomic E-state index is 12.7. The molecule has 0 aromatic carbocycles. The second-order valence-corrected chi connectivity index (χ2v) is 6.48. The van der Waals surface area contributed by atoms with Crippen molar-refractivity contribution in [2.45, 2.75) is 53.5 Å². The quantitative estimate of drug-likeness (QED) is 0.756. The SMILES string of the molecule is CCC(C(=O)NCCc1ccncc1)N(CC)C(=O)C(C)C(C)C. The highest BCUT2D eigenvalue weighted by Gasteiger charge is 2.30. The number of carbonyl (C=O) groups is 2. The first-order valence-electron chi connectivity index (χ1n) is 8.89. The van der Waals surface area contributed by atoms with Gasteiger partial charge in [-0.1, -0.05) is 27.7 Å². The molecule has 0 bridgehead atoms. The lowest BCUT2D eigenvalue weighted by Crippen LogP contribution is -2.51. The van der Waals surface area contributed by atoms with Crippen molar-refractivity contribution in [1.29, 1.82) is 0 Å². The Kier molecular flexibility index (Phi) is 8.44. The Hall–Kier alpha value is -1.91. The van der Waals surface area contributed by atoms with Crippen LogP contribution in [0.25, 0.3) is 0 Å². The summed E-state index contributed by atoms with van der Waals surface area (Å²) >= 11 is 0. The molecule has 1 aromatic rings. The second kappa shape index (κ2) is 10.1. The maximum Gasteiger partial charge on any atom is 0.242 e. The largest absolute Gasteiger partial charge is 0.354 e. The summed E-state index contributed by atoms with van der Waals surface area (Å²) < 4.78 is 0. The summed E-state index contributed by atoms with van der Waals surface area (Å²) in [7, 11) is 0. The number of rotatable bonds is 9. The van der Waals surface area contributed by atoms with E-state index in [9.17, 15) is 9.59 Å². The fourth-order valence-electron chi connectivity index (χ4n) is 2.62. The number of nitrogens with zero attached hydrogens (tertiary/aromatic N) is 2. The van der Waals surface area contributed by atoms with Gasteiger partial charge in [-0.15, -0.1) is 0 Å². The molecular formula is C19H31N3O2. The normalized spacial score (nSPS) is 13.4. The first-order valence-corrected chi connectivity index (χ1v) is 8.89. The third kappa shape index (κ3) is 5.62. The third-order valence-electron chi connectivity index (χ3n) is 4.54. The van der Waals surface area contributed by atoms with Gasteiger partial charge in [0, 0.05) is 31.4 Å². The molecule has 5 heteroatoms. The summed E-state index contributed by atoms with van der Waals surface area (Å²) in [6, 6.07) is 3.48. The average Bonchev–Trinajstić information content (AvgIpc) is 2.58. The van der Waals surface area contributed by atoms with Crippen LogP contribution in [0.1, 0.15) is 46.6 Å². The standard InChI is InChI=1S/C19H31N3O2/c1-6-17(22(7-2)19(24)15(5)14(3)4)18(23)21-13-10-16-8-11-20-12-9-16/h8-9,11-12,14-15,17H,6-7,10,13H2,1-5H3,(H,21,23). The monoisotopic (exact) mass is 333 g/mol. The highest BCUT2D eigenvalue weighted by molar-refractivity contribution is 5.88. The molecule has 0 saturated carbocycles. The average molecular weight is 333 g/mol. The van der Waals surface area contributed by atoms with Crippen molar-refractivity contribution in [3.8, 4) is 0 Å². The second-order valence-electron chi connectivity index (χ2n) is 6.48. The number of amides is 2. The predicted molar refractivity (Wildman–Crippen MR) is 96.4 cm³/mol. The van der Waals surface area contributed by atoms with Gasteiger partial charge in [-0.2, -0.15) is 0 Å². The molecule has 0 radical (unpaired) electrons. The van der Waals surface area contributed by atoms with E-state index >= 15 is 0 Å². The Morgan fingerprint density at radius 3 is 2.29 bits per heavy atom. The van der Waals surface area contributed by atoms with Crippen molar-refractivity contribution >= 4 is 11.8 Å². The summed E-state index contributed by atoms with van der Waals surface area (Å²) in [5, 5.41) is 2.97. The van der Waals surface area contributed by atoms with E-state index in [0.717, 1.165) is 12.0 Å². The number of aromatic nitrogens is 1. The van der Waals surface area contributed by atoms with Crippen molar-refractivity contribution in [3.05, 3.63) is 30.1 Å². The van der Waals surface area contributed by atoms with E-state index in [1.807, 2.05) is 46.8 Å². The smallest absolute Gasteiger partial charge is 0.242 e. The molecule has 0 saturated heterocycles. The van der Waals surface area contributed by atoms with Crippen LogP contribution in [-0.2, 0) is 16.0 Å². The lowest BCUT2D eigenvalue weighted by atomic mass is 9.95. The highest BCUT2D eigenvalue weighted by atomic mass is 16.2. The molecule has 134 valence electrons. The van der Waals surface area contributed by atoms with Crippen molar-refractivity contribution < 1.29 is 9.59 Å². The molecule has 24 heavy (non-hydrogen) atoms. The van der Waals surface area contributed by atoms with E-state index in [2.05, 4.69) is 10.3 Å². The summed E-state index contributed by atoms with van der Waals surface area (Å²) in [4.78, 5) is 30.9. The molecular weight excluding hydrogens is 302 g/mol. The van der Waals surface area contributed by atoms with E-state index in [1.165, 1.54) is 0 Å². The molecule has 1 rings (SSSR count). The zero-order chi connectivity index (χ0) is 18.1. The zero-order valence-corrected chi connectivity index (χ0v) is 15.6. The van der Waals surface area contributed by atoms with Gasteiger partial charge in [0.25, 0.3) is 0 Å². The van der Waals surface area contributed by atoms with Crippen LogP contribution in [0, 0.1) is 11.8 Å². The number of hydrogen-bond acceptors (Lipinski definition) is 3. The molecule has 2 atom stereocenters. The molecule has 1 N–H and O–H groups in total. The summed E-state index contributed by atoms with van der Waals surface area (Å²) in [6.45, 7) is 11.0. The van der Waals surface area contributed by atoms with Gasteiger partial charge in [-0.05, 0) is 43.4 Å². The fraction of sp³-hybridized carbons (Fsp3) is 0.632. The number of nitrogens with one attached hydrogen (secondary N) is 1. The minimum absolute atomic E-state index is 0.0589. The molecule has 5 nitrogen and oxygen atoms in total. The van der Waals surface area contributed by atoms with E-state index in [0.29, 0.717) is 19.5 Å². The molecule has 2 unspecified atom stereocenters. The number of hydrogen-bond donors (Lipinski definition) is 1. The number of likely N-dealkylation sites (N-methyl/N-ethyl adjacent to an activating group) is 1. The predicted octanol–water partition coefficient (Wildman–Crippen LogP) is 2.66. The van der Waals surface area contributed by atoms with Crippen LogP contribution in [0.4, 0.5) is 0 Å². The van der Waals surface area contributed by atoms with Gasteiger partial charge >= 0.3 is 0 Å². The first-order chi connectivity index (χ1) is 11.4. The van der Waals surface area contributed by atoms with Crippen molar-refractivity contribution in [2.75, 3.05) is 13.1 Å². The van der Waals surface area contributed by atoms with Crippen LogP contribution in [0.5, 0.6) is 0 Å². The summed E-state index contributed by atoms with van der Waals surface area (Å²) in [5.74, 6) is 0.170. The van der Waals surface area contributed by atoms with Crippen LogP contribution >= 0.6 is 0 Å². The minimum atomic E-state index is -0.402. The van der Waals surface area contributed by atoms with Crippen LogP contribution in [-0.4, -0.2) is 40.8 Å². The summed E-state index contributed by atoms with van der Waals surface area (Å²) in [5.41, 5.74) is 1.13. The van der Waals surface area contributed by atoms with Gasteiger partial charge in [0.2, 0.25) is 11.8 Å². The molecule has 0 aliphatic heterocycles. The van der Waals surface area contributed by atoms with Gasteiger partial charge in [-0.3, -0.25) is 14.6 Å².